The van der Waals surface area contributed by atoms with E-state index < -0.39 is 0 Å². The normalized spacial score (nSPS) is 12.8. The number of nitrogen functional groups attached to an aromatic ring is 2. The summed E-state index contributed by atoms with van der Waals surface area (Å²) < 4.78 is 0. The van der Waals surface area contributed by atoms with Crippen molar-refractivity contribution in [3.05, 3.63) is 129 Å². The number of rotatable bonds is 13. The first-order valence-electron chi connectivity index (χ1n) is 15.3. The van der Waals surface area contributed by atoms with E-state index in [2.05, 4.69) is 100 Å². The van der Waals surface area contributed by atoms with Gasteiger partial charge in [-0.15, -0.1) is 0 Å². The second kappa shape index (κ2) is 14.2. The van der Waals surface area contributed by atoms with E-state index in [9.17, 15) is 0 Å². The van der Waals surface area contributed by atoms with Gasteiger partial charge in [0.25, 0.3) is 0 Å². The van der Waals surface area contributed by atoms with Gasteiger partial charge in [-0.05, 0) is 121 Å². The molecule has 40 heavy (non-hydrogen) atoms. The first-order valence-corrected chi connectivity index (χ1v) is 15.3. The van der Waals surface area contributed by atoms with Gasteiger partial charge in [-0.2, -0.15) is 0 Å². The topological polar surface area (TPSA) is 52.0 Å². The predicted octanol–water partition coefficient (Wildman–Crippen LogP) is 9.90. The Hall–Kier alpha value is -3.52. The Morgan fingerprint density at radius 3 is 1.23 bits per heavy atom. The van der Waals surface area contributed by atoms with E-state index >= 15 is 0 Å². The first kappa shape index (κ1) is 29.5. The average molecular weight is 533 g/mol. The zero-order valence-corrected chi connectivity index (χ0v) is 25.0. The molecule has 2 unspecified atom stereocenters. The van der Waals surface area contributed by atoms with Crippen LogP contribution in [-0.2, 0) is 12.8 Å². The highest BCUT2D eigenvalue weighted by Gasteiger charge is 2.17. The highest BCUT2D eigenvalue weighted by Crippen LogP contribution is 2.34. The van der Waals surface area contributed by atoms with Crippen molar-refractivity contribution in [2.45, 2.75) is 90.9 Å². The molecule has 0 aliphatic heterocycles. The molecule has 4 rings (SSSR count). The molecule has 0 amide bonds. The van der Waals surface area contributed by atoms with Crippen LogP contribution < -0.4 is 11.5 Å². The molecular formula is C38H48N2. The van der Waals surface area contributed by atoms with Crippen LogP contribution in [0, 0.1) is 13.8 Å². The molecule has 0 bridgehead atoms. The smallest absolute Gasteiger partial charge is 0.0316 e. The van der Waals surface area contributed by atoms with Crippen molar-refractivity contribution in [1.29, 1.82) is 0 Å². The molecule has 4 aromatic rings. The quantitative estimate of drug-likeness (QED) is 0.133. The molecule has 4 aromatic carbocycles. The SMILES string of the molecule is CCCC(c1ccc(CCCCc2ccc(C(CCC)c3ccc(N)cc3C)cc2)cc1)c1ccc(N)cc1C. The van der Waals surface area contributed by atoms with Gasteiger partial charge < -0.3 is 11.5 Å². The van der Waals surface area contributed by atoms with Crippen molar-refractivity contribution >= 4 is 11.4 Å². The predicted molar refractivity (Wildman–Crippen MR) is 174 cm³/mol. The summed E-state index contributed by atoms with van der Waals surface area (Å²) in [5.41, 5.74) is 24.8. The maximum absolute atomic E-state index is 6.01. The Balaban J connectivity index is 1.32. The first-order chi connectivity index (χ1) is 19.4. The lowest BCUT2D eigenvalue weighted by Crippen LogP contribution is -2.04. The van der Waals surface area contributed by atoms with Gasteiger partial charge >= 0.3 is 0 Å². The Kier molecular flexibility index (Phi) is 10.5. The number of hydrogen-bond donors (Lipinski definition) is 2. The lowest BCUT2D eigenvalue weighted by atomic mass is 9.84. The Labute approximate surface area is 242 Å². The third-order valence-electron chi connectivity index (χ3n) is 8.44. The maximum atomic E-state index is 6.01. The third-order valence-corrected chi connectivity index (χ3v) is 8.44. The summed E-state index contributed by atoms with van der Waals surface area (Å²) in [7, 11) is 0. The molecule has 0 aliphatic rings. The summed E-state index contributed by atoms with van der Waals surface area (Å²) >= 11 is 0. The van der Waals surface area contributed by atoms with Crippen LogP contribution in [0.15, 0.2) is 84.9 Å². The molecule has 0 spiro atoms. The summed E-state index contributed by atoms with van der Waals surface area (Å²) in [4.78, 5) is 0. The fourth-order valence-electron chi connectivity index (χ4n) is 6.25. The second-order valence-corrected chi connectivity index (χ2v) is 11.6. The van der Waals surface area contributed by atoms with E-state index in [1.165, 1.54) is 57.3 Å². The molecule has 0 heterocycles. The van der Waals surface area contributed by atoms with Gasteiger partial charge in [0.05, 0.1) is 0 Å². The summed E-state index contributed by atoms with van der Waals surface area (Å²) in [6.07, 6.45) is 9.32. The lowest BCUT2D eigenvalue weighted by Gasteiger charge is -2.20. The fraction of sp³-hybridized carbons (Fsp3) is 0.368. The Morgan fingerprint density at radius 2 is 0.900 bits per heavy atom. The van der Waals surface area contributed by atoms with Crippen molar-refractivity contribution in [3.8, 4) is 0 Å². The van der Waals surface area contributed by atoms with Crippen molar-refractivity contribution in [3.63, 3.8) is 0 Å². The molecule has 2 atom stereocenters. The van der Waals surface area contributed by atoms with E-state index in [-0.39, 0.29) is 0 Å². The van der Waals surface area contributed by atoms with Crippen LogP contribution in [0.4, 0.5) is 11.4 Å². The van der Waals surface area contributed by atoms with Crippen molar-refractivity contribution in [1.82, 2.24) is 0 Å². The van der Waals surface area contributed by atoms with E-state index in [0.717, 1.165) is 49.9 Å². The Morgan fingerprint density at radius 1 is 0.525 bits per heavy atom. The van der Waals surface area contributed by atoms with Gasteiger partial charge in [0.1, 0.15) is 0 Å². The molecule has 0 saturated heterocycles. The van der Waals surface area contributed by atoms with Gasteiger partial charge in [-0.1, -0.05) is 87.4 Å². The number of unbranched alkanes of at least 4 members (excludes halogenated alkanes) is 1. The van der Waals surface area contributed by atoms with Gasteiger partial charge in [-0.3, -0.25) is 0 Å². The minimum atomic E-state index is 0.434. The van der Waals surface area contributed by atoms with Gasteiger partial charge in [0, 0.05) is 23.2 Å². The van der Waals surface area contributed by atoms with Crippen LogP contribution in [0.5, 0.6) is 0 Å². The zero-order chi connectivity index (χ0) is 28.5. The lowest BCUT2D eigenvalue weighted by molar-refractivity contribution is 0.692. The zero-order valence-electron chi connectivity index (χ0n) is 25.0. The Bertz CT molecular complexity index is 1240. The molecule has 4 N–H and O–H groups in total. The largest absolute Gasteiger partial charge is 0.399 e. The molecule has 2 nitrogen and oxygen atoms in total. The summed E-state index contributed by atoms with van der Waals surface area (Å²) in [6, 6.07) is 31.5. The van der Waals surface area contributed by atoms with E-state index in [0.29, 0.717) is 11.8 Å². The molecule has 0 radical (unpaired) electrons. The van der Waals surface area contributed by atoms with Gasteiger partial charge in [-0.25, -0.2) is 0 Å². The van der Waals surface area contributed by atoms with Crippen LogP contribution in [-0.4, -0.2) is 0 Å². The molecule has 0 fully saturated rings. The van der Waals surface area contributed by atoms with E-state index in [1.807, 2.05) is 12.1 Å². The maximum Gasteiger partial charge on any atom is 0.0316 e. The van der Waals surface area contributed by atoms with Crippen LogP contribution >= 0.6 is 0 Å². The molecule has 0 aliphatic carbocycles. The summed E-state index contributed by atoms with van der Waals surface area (Å²) in [5, 5.41) is 0. The van der Waals surface area contributed by atoms with Gasteiger partial charge in [0.2, 0.25) is 0 Å². The summed E-state index contributed by atoms with van der Waals surface area (Å²) in [6.45, 7) is 8.90. The molecular weight excluding hydrogens is 484 g/mol. The minimum absolute atomic E-state index is 0.434. The van der Waals surface area contributed by atoms with Crippen LogP contribution in [0.25, 0.3) is 0 Å². The third kappa shape index (κ3) is 7.56. The van der Waals surface area contributed by atoms with Crippen LogP contribution in [0.2, 0.25) is 0 Å². The van der Waals surface area contributed by atoms with Crippen LogP contribution in [0.1, 0.15) is 109 Å². The van der Waals surface area contributed by atoms with Crippen molar-refractivity contribution in [2.24, 2.45) is 0 Å². The number of benzene rings is 4. The monoisotopic (exact) mass is 532 g/mol. The minimum Gasteiger partial charge on any atom is -0.399 e. The average Bonchev–Trinajstić information content (AvgIpc) is 2.94. The highest BCUT2D eigenvalue weighted by molar-refractivity contribution is 5.49. The number of anilines is 2. The highest BCUT2D eigenvalue weighted by atomic mass is 14.5. The summed E-state index contributed by atoms with van der Waals surface area (Å²) in [5.74, 6) is 0.868. The number of nitrogens with two attached hydrogens (primary N) is 2. The van der Waals surface area contributed by atoms with Crippen LogP contribution in [0.3, 0.4) is 0 Å². The van der Waals surface area contributed by atoms with E-state index in [1.54, 1.807) is 0 Å². The van der Waals surface area contributed by atoms with Gasteiger partial charge in [0.15, 0.2) is 0 Å². The van der Waals surface area contributed by atoms with E-state index in [4.69, 9.17) is 11.5 Å². The standard InChI is InChI=1S/C38H48N2/c1-5-9-37(35-23-21-33(39)25-27(35)3)31-17-13-29(14-18-31)11-7-8-12-30-15-19-32(20-16-30)38(10-6-2)36-24-22-34(40)26-28(36)4/h13-26,37-38H,5-12,39-40H2,1-4H3. The molecule has 0 saturated carbocycles. The molecule has 2 heteroatoms. The fourth-order valence-corrected chi connectivity index (χ4v) is 6.25. The molecule has 210 valence electrons. The van der Waals surface area contributed by atoms with Crippen molar-refractivity contribution in [2.75, 3.05) is 11.5 Å². The molecule has 0 aromatic heterocycles. The second-order valence-electron chi connectivity index (χ2n) is 11.6. The number of aryl methyl sites for hydroxylation is 4. The van der Waals surface area contributed by atoms with Crippen molar-refractivity contribution < 1.29 is 0 Å². The number of hydrogen-bond acceptors (Lipinski definition) is 2.